The molecule has 0 radical (unpaired) electrons. The van der Waals surface area contributed by atoms with Crippen molar-refractivity contribution in [3.63, 3.8) is 0 Å². The van der Waals surface area contributed by atoms with E-state index in [1.54, 1.807) is 0 Å². The molecule has 0 saturated heterocycles. The summed E-state index contributed by atoms with van der Waals surface area (Å²) >= 11 is 1.48. The molecule has 1 aromatic carbocycles. The highest BCUT2D eigenvalue weighted by Crippen LogP contribution is 2.25. The van der Waals surface area contributed by atoms with Crippen molar-refractivity contribution in [3.8, 4) is 0 Å². The minimum absolute atomic E-state index is 0.477. The fraction of sp³-hybridized carbons (Fsp3) is 0.429. The Balaban J connectivity index is 1.65. The van der Waals surface area contributed by atoms with E-state index in [0.717, 1.165) is 36.6 Å². The van der Waals surface area contributed by atoms with Gasteiger partial charge in [-0.1, -0.05) is 31.2 Å². The van der Waals surface area contributed by atoms with E-state index >= 15 is 0 Å². The van der Waals surface area contributed by atoms with Gasteiger partial charge in [0.05, 0.1) is 0 Å². The molecule has 0 unspecified atom stereocenters. The van der Waals surface area contributed by atoms with Gasteiger partial charge in [-0.05, 0) is 30.4 Å². The topological polar surface area (TPSA) is 37.8 Å². The van der Waals surface area contributed by atoms with Crippen molar-refractivity contribution >= 4 is 16.7 Å². The number of rotatable bonds is 4. The second-order valence-electron chi connectivity index (χ2n) is 4.78. The Morgan fingerprint density at radius 2 is 2.00 bits per heavy atom. The first kappa shape index (κ1) is 11.7. The van der Waals surface area contributed by atoms with E-state index in [-0.39, 0.29) is 0 Å². The maximum atomic E-state index is 4.52. The number of hydrogen-bond acceptors (Lipinski definition) is 4. The average Bonchev–Trinajstić information content (AvgIpc) is 2.96. The molecule has 4 heteroatoms. The van der Waals surface area contributed by atoms with Gasteiger partial charge in [0.2, 0.25) is 5.13 Å². The van der Waals surface area contributed by atoms with Gasteiger partial charge in [-0.25, -0.2) is 4.98 Å². The lowest BCUT2D eigenvalue weighted by atomic mass is 10.1. The van der Waals surface area contributed by atoms with Crippen LogP contribution in [-0.4, -0.2) is 15.4 Å². The zero-order chi connectivity index (χ0) is 12.4. The van der Waals surface area contributed by atoms with Crippen LogP contribution >= 0.6 is 11.5 Å². The second kappa shape index (κ2) is 5.06. The van der Waals surface area contributed by atoms with E-state index in [9.17, 15) is 0 Å². The Kier molecular flexibility index (Phi) is 3.28. The number of aryl methyl sites for hydroxylation is 1. The summed E-state index contributed by atoms with van der Waals surface area (Å²) < 4.78 is 4.37. The molecule has 0 bridgehead atoms. The van der Waals surface area contributed by atoms with E-state index < -0.39 is 0 Å². The number of anilines is 1. The monoisotopic (exact) mass is 259 g/mol. The van der Waals surface area contributed by atoms with Crippen LogP contribution < -0.4 is 5.32 Å². The van der Waals surface area contributed by atoms with E-state index in [2.05, 4.69) is 45.9 Å². The molecule has 1 aliphatic carbocycles. The number of benzene rings is 1. The summed E-state index contributed by atoms with van der Waals surface area (Å²) in [4.78, 5) is 4.52. The van der Waals surface area contributed by atoms with Gasteiger partial charge in [0.15, 0.2) is 0 Å². The standard InChI is InChI=1S/C14H17N3S/c1-2-5-13-16-14(18-17-13)15-12-8-10-6-3-4-7-11(10)9-12/h3-4,6-7,12H,2,5,8-9H2,1H3,(H,15,16,17). The Labute approximate surface area is 111 Å². The normalized spacial score (nSPS) is 14.7. The second-order valence-corrected chi connectivity index (χ2v) is 5.54. The first-order valence-electron chi connectivity index (χ1n) is 6.51. The zero-order valence-corrected chi connectivity index (χ0v) is 11.3. The molecule has 0 atom stereocenters. The minimum atomic E-state index is 0.477. The van der Waals surface area contributed by atoms with Crippen LogP contribution in [0.2, 0.25) is 0 Å². The van der Waals surface area contributed by atoms with Gasteiger partial charge < -0.3 is 5.32 Å². The summed E-state index contributed by atoms with van der Waals surface area (Å²) in [5.74, 6) is 0.973. The highest BCUT2D eigenvalue weighted by atomic mass is 32.1. The third-order valence-electron chi connectivity index (χ3n) is 3.32. The maximum Gasteiger partial charge on any atom is 0.202 e. The van der Waals surface area contributed by atoms with Gasteiger partial charge >= 0.3 is 0 Å². The lowest BCUT2D eigenvalue weighted by Crippen LogP contribution is -2.19. The average molecular weight is 259 g/mol. The van der Waals surface area contributed by atoms with E-state index in [1.807, 2.05) is 0 Å². The van der Waals surface area contributed by atoms with Crippen LogP contribution in [-0.2, 0) is 19.3 Å². The molecular formula is C14H17N3S. The third kappa shape index (κ3) is 2.38. The lowest BCUT2D eigenvalue weighted by Gasteiger charge is -2.09. The van der Waals surface area contributed by atoms with Crippen LogP contribution in [0, 0.1) is 0 Å². The molecule has 94 valence electrons. The van der Waals surface area contributed by atoms with Gasteiger partial charge in [-0.15, -0.1) is 0 Å². The fourth-order valence-corrected chi connectivity index (χ4v) is 3.16. The molecule has 0 aliphatic heterocycles. The first-order valence-corrected chi connectivity index (χ1v) is 7.28. The quantitative estimate of drug-likeness (QED) is 0.917. The Hall–Kier alpha value is -1.42. The summed E-state index contributed by atoms with van der Waals surface area (Å²) in [5, 5.41) is 4.48. The smallest absolute Gasteiger partial charge is 0.202 e. The Bertz CT molecular complexity index is 510. The van der Waals surface area contributed by atoms with Crippen LogP contribution in [0.4, 0.5) is 5.13 Å². The molecule has 2 aromatic rings. The first-order chi connectivity index (χ1) is 8.85. The summed E-state index contributed by atoms with van der Waals surface area (Å²) in [5.41, 5.74) is 2.93. The van der Waals surface area contributed by atoms with Crippen LogP contribution in [0.3, 0.4) is 0 Å². The van der Waals surface area contributed by atoms with Crippen molar-refractivity contribution in [1.82, 2.24) is 9.36 Å². The van der Waals surface area contributed by atoms with Gasteiger partial charge in [0, 0.05) is 24.0 Å². The molecular weight excluding hydrogens is 242 g/mol. The summed E-state index contributed by atoms with van der Waals surface area (Å²) in [6.07, 6.45) is 4.27. The van der Waals surface area contributed by atoms with Gasteiger partial charge in [0.25, 0.3) is 0 Å². The third-order valence-corrected chi connectivity index (χ3v) is 4.00. The van der Waals surface area contributed by atoms with Crippen LogP contribution in [0.1, 0.15) is 30.3 Å². The lowest BCUT2D eigenvalue weighted by molar-refractivity contribution is 0.770. The predicted molar refractivity (Wildman–Crippen MR) is 75.2 cm³/mol. The van der Waals surface area contributed by atoms with Crippen molar-refractivity contribution in [2.24, 2.45) is 0 Å². The Morgan fingerprint density at radius 3 is 2.67 bits per heavy atom. The van der Waals surface area contributed by atoms with Crippen molar-refractivity contribution in [2.45, 2.75) is 38.6 Å². The predicted octanol–water partition coefficient (Wildman–Crippen LogP) is 3.07. The number of hydrogen-bond donors (Lipinski definition) is 1. The fourth-order valence-electron chi connectivity index (χ4n) is 2.47. The van der Waals surface area contributed by atoms with Crippen LogP contribution in [0.5, 0.6) is 0 Å². The molecule has 0 fully saturated rings. The number of nitrogens with zero attached hydrogens (tertiary/aromatic N) is 2. The van der Waals surface area contributed by atoms with E-state index in [4.69, 9.17) is 0 Å². The van der Waals surface area contributed by atoms with Gasteiger partial charge in [-0.2, -0.15) is 4.37 Å². The summed E-state index contributed by atoms with van der Waals surface area (Å²) in [6, 6.07) is 9.15. The molecule has 0 spiro atoms. The van der Waals surface area contributed by atoms with Crippen LogP contribution in [0.25, 0.3) is 0 Å². The van der Waals surface area contributed by atoms with Crippen molar-refractivity contribution in [2.75, 3.05) is 5.32 Å². The van der Waals surface area contributed by atoms with Crippen LogP contribution in [0.15, 0.2) is 24.3 Å². The number of nitrogens with one attached hydrogen (secondary N) is 1. The maximum absolute atomic E-state index is 4.52. The summed E-state index contributed by atoms with van der Waals surface area (Å²) in [6.45, 7) is 2.15. The molecule has 1 heterocycles. The summed E-state index contributed by atoms with van der Waals surface area (Å²) in [7, 11) is 0. The molecule has 3 nitrogen and oxygen atoms in total. The van der Waals surface area contributed by atoms with Crippen molar-refractivity contribution in [3.05, 3.63) is 41.2 Å². The van der Waals surface area contributed by atoms with Crippen molar-refractivity contribution < 1.29 is 0 Å². The molecule has 0 saturated carbocycles. The van der Waals surface area contributed by atoms with Gasteiger partial charge in [0.1, 0.15) is 5.82 Å². The minimum Gasteiger partial charge on any atom is -0.357 e. The van der Waals surface area contributed by atoms with Gasteiger partial charge in [-0.3, -0.25) is 0 Å². The zero-order valence-electron chi connectivity index (χ0n) is 10.5. The van der Waals surface area contributed by atoms with Crippen molar-refractivity contribution in [1.29, 1.82) is 0 Å². The molecule has 18 heavy (non-hydrogen) atoms. The highest BCUT2D eigenvalue weighted by molar-refractivity contribution is 7.09. The SMILES string of the molecule is CCCc1nsc(NC2Cc3ccccc3C2)n1. The molecule has 1 aliphatic rings. The molecule has 1 aromatic heterocycles. The molecule has 3 rings (SSSR count). The largest absolute Gasteiger partial charge is 0.357 e. The Morgan fingerprint density at radius 1 is 1.28 bits per heavy atom. The number of fused-ring (bicyclic) bond motifs is 1. The molecule has 0 amide bonds. The van der Waals surface area contributed by atoms with E-state index in [0.29, 0.717) is 6.04 Å². The highest BCUT2D eigenvalue weighted by Gasteiger charge is 2.21. The molecule has 1 N–H and O–H groups in total. The van der Waals surface area contributed by atoms with E-state index in [1.165, 1.54) is 22.7 Å². The number of aromatic nitrogens is 2.